The van der Waals surface area contributed by atoms with Crippen LogP contribution in [-0.2, 0) is 4.79 Å². The van der Waals surface area contributed by atoms with Crippen LogP contribution in [0.4, 0.5) is 11.4 Å². The first kappa shape index (κ1) is 23.9. The lowest BCUT2D eigenvalue weighted by atomic mass is 9.95. The van der Waals surface area contributed by atoms with Crippen molar-refractivity contribution in [2.45, 2.75) is 26.7 Å². The van der Waals surface area contributed by atoms with E-state index in [0.29, 0.717) is 30.8 Å². The molecule has 0 unspecified atom stereocenters. The van der Waals surface area contributed by atoms with Crippen LogP contribution in [0, 0.1) is 16.0 Å². The lowest BCUT2D eigenvalue weighted by Gasteiger charge is -2.36. The third kappa shape index (κ3) is 5.94. The van der Waals surface area contributed by atoms with Crippen molar-refractivity contribution in [1.82, 2.24) is 10.3 Å². The van der Waals surface area contributed by atoms with E-state index in [4.69, 9.17) is 0 Å². The molecule has 9 nitrogen and oxygen atoms in total. The number of nitrogens with one attached hydrogen (secondary N) is 1. The molecule has 2 aromatic carbocycles. The Hall–Kier alpha value is -3.75. The Labute approximate surface area is 193 Å². The number of rotatable bonds is 8. The van der Waals surface area contributed by atoms with Gasteiger partial charge in [-0.05, 0) is 44.9 Å². The van der Waals surface area contributed by atoms with Gasteiger partial charge in [0.1, 0.15) is 0 Å². The summed E-state index contributed by atoms with van der Waals surface area (Å²) in [5.74, 6) is -0.366. The lowest BCUT2D eigenvalue weighted by Crippen LogP contribution is -2.45. The number of non-ortho nitro benzene ring substituents is 1. The van der Waals surface area contributed by atoms with Crippen LogP contribution in [0.25, 0.3) is 0 Å². The number of nitro groups is 1. The third-order valence-electron chi connectivity index (χ3n) is 5.81. The van der Waals surface area contributed by atoms with Crippen molar-refractivity contribution in [3.8, 4) is 0 Å². The fourth-order valence-corrected chi connectivity index (χ4v) is 4.05. The second-order valence-corrected chi connectivity index (χ2v) is 7.86. The smallest absolute Gasteiger partial charge is 0.271 e. The molecule has 1 saturated heterocycles. The van der Waals surface area contributed by atoms with E-state index < -0.39 is 4.92 Å². The number of hydrogen-bond donors (Lipinski definition) is 1. The molecule has 0 spiro atoms. The summed E-state index contributed by atoms with van der Waals surface area (Å²) in [5.41, 5.74) is 4.11. The number of nitrogens with zero attached hydrogens (tertiary/aromatic N) is 4. The first-order chi connectivity index (χ1) is 15.9. The van der Waals surface area contributed by atoms with Gasteiger partial charge < -0.3 is 9.80 Å². The quantitative estimate of drug-likeness (QED) is 0.376. The van der Waals surface area contributed by atoms with Gasteiger partial charge in [0.15, 0.2) is 0 Å². The van der Waals surface area contributed by atoms with Gasteiger partial charge >= 0.3 is 0 Å². The molecule has 0 radical (unpaired) electrons. The molecule has 1 aliphatic rings. The Morgan fingerprint density at radius 3 is 2.61 bits per heavy atom. The SMILES string of the molecule is CCN(CC)C(=O)[C@@H]1CCCN(c2ccc([N+](=O)[O-])cc2/C=N\NC(=O)c2ccccc2)C1. The summed E-state index contributed by atoms with van der Waals surface area (Å²) in [6, 6.07) is 13.2. The van der Waals surface area contributed by atoms with Crippen LogP contribution in [0.1, 0.15) is 42.6 Å². The largest absolute Gasteiger partial charge is 0.370 e. The summed E-state index contributed by atoms with van der Waals surface area (Å²) < 4.78 is 0. The highest BCUT2D eigenvalue weighted by Gasteiger charge is 2.29. The second kappa shape index (κ2) is 11.2. The molecule has 1 N–H and O–H groups in total. The number of anilines is 1. The predicted molar refractivity (Wildman–Crippen MR) is 127 cm³/mol. The van der Waals surface area contributed by atoms with Gasteiger partial charge in [-0.15, -0.1) is 0 Å². The molecule has 3 rings (SSSR count). The van der Waals surface area contributed by atoms with E-state index in [2.05, 4.69) is 15.4 Å². The van der Waals surface area contributed by atoms with Gasteiger partial charge in [0, 0.05) is 55.1 Å². The van der Waals surface area contributed by atoms with Crippen LogP contribution in [0.5, 0.6) is 0 Å². The van der Waals surface area contributed by atoms with Crippen LogP contribution in [0.2, 0.25) is 0 Å². The minimum absolute atomic E-state index is 0.0673. The maximum absolute atomic E-state index is 12.9. The molecule has 2 aromatic rings. The number of hydrazone groups is 1. The highest BCUT2D eigenvalue weighted by atomic mass is 16.6. The Morgan fingerprint density at radius 2 is 1.94 bits per heavy atom. The molecular weight excluding hydrogens is 422 g/mol. The highest BCUT2D eigenvalue weighted by Crippen LogP contribution is 2.29. The minimum Gasteiger partial charge on any atom is -0.370 e. The Balaban J connectivity index is 1.82. The molecule has 1 atom stereocenters. The molecule has 1 aliphatic heterocycles. The first-order valence-electron chi connectivity index (χ1n) is 11.1. The Morgan fingerprint density at radius 1 is 1.21 bits per heavy atom. The van der Waals surface area contributed by atoms with E-state index in [-0.39, 0.29) is 23.4 Å². The molecule has 1 heterocycles. The maximum Gasteiger partial charge on any atom is 0.271 e. The summed E-state index contributed by atoms with van der Waals surface area (Å²) in [6.45, 7) is 6.54. The summed E-state index contributed by atoms with van der Waals surface area (Å²) in [4.78, 5) is 39.9. The zero-order valence-electron chi connectivity index (χ0n) is 18.9. The van der Waals surface area contributed by atoms with Crippen molar-refractivity contribution in [1.29, 1.82) is 0 Å². The molecule has 0 bridgehead atoms. The molecule has 2 amide bonds. The number of carbonyl (C=O) groups is 2. The summed E-state index contributed by atoms with van der Waals surface area (Å²) in [5, 5.41) is 15.4. The van der Waals surface area contributed by atoms with Crippen LogP contribution in [0.15, 0.2) is 53.6 Å². The van der Waals surface area contributed by atoms with Crippen molar-refractivity contribution in [2.24, 2.45) is 11.0 Å². The number of hydrogen-bond acceptors (Lipinski definition) is 6. The monoisotopic (exact) mass is 451 g/mol. The number of nitro benzene ring substituents is 1. The van der Waals surface area contributed by atoms with Gasteiger partial charge in [0.25, 0.3) is 11.6 Å². The van der Waals surface area contributed by atoms with Crippen molar-refractivity contribution in [3.05, 3.63) is 69.8 Å². The lowest BCUT2D eigenvalue weighted by molar-refractivity contribution is -0.384. The molecule has 174 valence electrons. The zero-order valence-corrected chi connectivity index (χ0v) is 18.9. The average Bonchev–Trinajstić information content (AvgIpc) is 2.85. The highest BCUT2D eigenvalue weighted by molar-refractivity contribution is 5.95. The van der Waals surface area contributed by atoms with E-state index in [1.807, 2.05) is 24.8 Å². The molecule has 0 aliphatic carbocycles. The van der Waals surface area contributed by atoms with Crippen molar-refractivity contribution in [2.75, 3.05) is 31.1 Å². The van der Waals surface area contributed by atoms with Crippen molar-refractivity contribution >= 4 is 29.4 Å². The van der Waals surface area contributed by atoms with Gasteiger partial charge in [-0.2, -0.15) is 5.10 Å². The van der Waals surface area contributed by atoms with Gasteiger partial charge in [-0.25, -0.2) is 5.43 Å². The van der Waals surface area contributed by atoms with E-state index in [9.17, 15) is 19.7 Å². The number of piperidine rings is 1. The molecule has 0 saturated carbocycles. The van der Waals surface area contributed by atoms with Crippen molar-refractivity contribution in [3.63, 3.8) is 0 Å². The normalized spacial score (nSPS) is 15.9. The number of carbonyl (C=O) groups excluding carboxylic acids is 2. The van der Waals surface area contributed by atoms with Gasteiger partial charge in [0.2, 0.25) is 5.91 Å². The van der Waals surface area contributed by atoms with E-state index in [1.165, 1.54) is 18.3 Å². The standard InChI is InChI=1S/C24H29N5O4/c1-3-27(4-2)24(31)19-11-8-14-28(17-19)22-13-12-21(29(32)33)15-20(22)16-25-26-23(30)18-9-6-5-7-10-18/h5-7,9-10,12-13,15-16,19H,3-4,8,11,14,17H2,1-2H3,(H,26,30)/b25-16-/t19-/m1/s1. The fourth-order valence-electron chi connectivity index (χ4n) is 4.05. The number of benzene rings is 2. The minimum atomic E-state index is -0.466. The number of amides is 2. The topological polar surface area (TPSA) is 108 Å². The third-order valence-corrected chi connectivity index (χ3v) is 5.81. The first-order valence-corrected chi connectivity index (χ1v) is 11.1. The van der Waals surface area contributed by atoms with Crippen LogP contribution in [-0.4, -0.2) is 54.0 Å². The predicted octanol–water partition coefficient (Wildman–Crippen LogP) is 3.44. The molecule has 1 fully saturated rings. The van der Waals surface area contributed by atoms with Crippen LogP contribution >= 0.6 is 0 Å². The van der Waals surface area contributed by atoms with Gasteiger partial charge in [-0.1, -0.05) is 18.2 Å². The summed E-state index contributed by atoms with van der Waals surface area (Å²) in [6.07, 6.45) is 3.07. The molecule has 0 aromatic heterocycles. The average molecular weight is 452 g/mol. The zero-order chi connectivity index (χ0) is 23.8. The Kier molecular flexibility index (Phi) is 8.12. The van der Waals surface area contributed by atoms with Gasteiger partial charge in [-0.3, -0.25) is 19.7 Å². The van der Waals surface area contributed by atoms with Gasteiger partial charge in [0.05, 0.1) is 17.1 Å². The summed E-state index contributed by atoms with van der Waals surface area (Å²) in [7, 11) is 0. The summed E-state index contributed by atoms with van der Waals surface area (Å²) >= 11 is 0. The van der Waals surface area contributed by atoms with E-state index >= 15 is 0 Å². The maximum atomic E-state index is 12.9. The van der Waals surface area contributed by atoms with Crippen LogP contribution in [0.3, 0.4) is 0 Å². The molecule has 9 heteroatoms. The molecular formula is C24H29N5O4. The fraction of sp³-hybridized carbons (Fsp3) is 0.375. The molecule has 33 heavy (non-hydrogen) atoms. The van der Waals surface area contributed by atoms with Crippen LogP contribution < -0.4 is 10.3 Å². The Bertz CT molecular complexity index is 1020. The van der Waals surface area contributed by atoms with E-state index in [1.54, 1.807) is 30.3 Å². The van der Waals surface area contributed by atoms with E-state index in [0.717, 1.165) is 25.1 Å². The van der Waals surface area contributed by atoms with Crippen molar-refractivity contribution < 1.29 is 14.5 Å². The second-order valence-electron chi connectivity index (χ2n) is 7.86.